The smallest absolute Gasteiger partial charge is 0.239 e. The zero-order chi connectivity index (χ0) is 14.8. The van der Waals surface area contributed by atoms with Crippen molar-refractivity contribution in [2.45, 2.75) is 43.0 Å². The molecule has 2 rings (SSSR count). The van der Waals surface area contributed by atoms with Gasteiger partial charge in [0.15, 0.2) is 0 Å². The standard InChI is InChI=1S/C13H22N4O2S/c1-10-3-2-6-13(7-10,9-14)17-12-5-4-11(8-16-12)20(15,18)19/h4-5,8,10H,2-3,6-7,9,14H2,1H3,(H,16,17)(H2,15,18,19). The lowest BCUT2D eigenvalue weighted by Crippen LogP contribution is -2.48. The summed E-state index contributed by atoms with van der Waals surface area (Å²) in [6, 6.07) is 3.09. The van der Waals surface area contributed by atoms with E-state index in [4.69, 9.17) is 10.9 Å². The van der Waals surface area contributed by atoms with Crippen LogP contribution < -0.4 is 16.2 Å². The molecule has 0 saturated heterocycles. The Labute approximate surface area is 120 Å². The van der Waals surface area contributed by atoms with E-state index in [9.17, 15) is 8.42 Å². The molecule has 2 unspecified atom stereocenters. The van der Waals surface area contributed by atoms with Crippen LogP contribution in [0.25, 0.3) is 0 Å². The molecule has 0 spiro atoms. The molecule has 0 aromatic carbocycles. The first kappa shape index (κ1) is 15.2. The SMILES string of the molecule is CC1CCCC(CN)(Nc2ccc(S(N)(=O)=O)cn2)C1. The average Bonchev–Trinajstić information content (AvgIpc) is 2.38. The fraction of sp³-hybridized carbons (Fsp3) is 0.615. The predicted octanol–water partition coefficient (Wildman–Crippen LogP) is 1.05. The number of primary sulfonamides is 1. The van der Waals surface area contributed by atoms with Crippen LogP contribution in [0.2, 0.25) is 0 Å². The summed E-state index contributed by atoms with van der Waals surface area (Å²) in [7, 11) is -3.70. The van der Waals surface area contributed by atoms with Crippen LogP contribution in [0.15, 0.2) is 23.2 Å². The second-order valence-corrected chi connectivity index (χ2v) is 7.30. The lowest BCUT2D eigenvalue weighted by molar-refractivity contribution is 0.263. The summed E-state index contributed by atoms with van der Waals surface area (Å²) in [6.45, 7) is 2.76. The number of pyridine rings is 1. The van der Waals surface area contributed by atoms with E-state index in [1.54, 1.807) is 6.07 Å². The van der Waals surface area contributed by atoms with Gasteiger partial charge in [-0.3, -0.25) is 0 Å². The Morgan fingerprint density at radius 2 is 2.25 bits per heavy atom. The van der Waals surface area contributed by atoms with Crippen LogP contribution in [0.1, 0.15) is 32.6 Å². The van der Waals surface area contributed by atoms with Crippen molar-refractivity contribution < 1.29 is 8.42 Å². The molecule has 1 aliphatic rings. The van der Waals surface area contributed by atoms with Gasteiger partial charge >= 0.3 is 0 Å². The topological polar surface area (TPSA) is 111 Å². The Hall–Kier alpha value is -1.18. The van der Waals surface area contributed by atoms with E-state index >= 15 is 0 Å². The van der Waals surface area contributed by atoms with Gasteiger partial charge in [0.2, 0.25) is 10.0 Å². The third-order valence-electron chi connectivity index (χ3n) is 3.94. The van der Waals surface area contributed by atoms with Crippen LogP contribution in [-0.2, 0) is 10.0 Å². The van der Waals surface area contributed by atoms with Crippen LogP contribution in [0, 0.1) is 5.92 Å². The molecular weight excluding hydrogens is 276 g/mol. The highest BCUT2D eigenvalue weighted by molar-refractivity contribution is 7.89. The molecule has 1 aromatic rings. The summed E-state index contributed by atoms with van der Waals surface area (Å²) in [6.07, 6.45) is 5.64. The van der Waals surface area contributed by atoms with Crippen molar-refractivity contribution in [1.29, 1.82) is 0 Å². The highest BCUT2D eigenvalue weighted by Crippen LogP contribution is 2.34. The summed E-state index contributed by atoms with van der Waals surface area (Å²) < 4.78 is 22.4. The average molecular weight is 298 g/mol. The number of anilines is 1. The Morgan fingerprint density at radius 1 is 1.50 bits per heavy atom. The molecule has 1 saturated carbocycles. The van der Waals surface area contributed by atoms with Crippen LogP contribution in [-0.4, -0.2) is 25.5 Å². The van der Waals surface area contributed by atoms with E-state index < -0.39 is 10.0 Å². The maximum absolute atomic E-state index is 11.2. The van der Waals surface area contributed by atoms with Gasteiger partial charge < -0.3 is 11.1 Å². The largest absolute Gasteiger partial charge is 0.363 e. The molecule has 20 heavy (non-hydrogen) atoms. The van der Waals surface area contributed by atoms with Gasteiger partial charge in [-0.1, -0.05) is 19.8 Å². The van der Waals surface area contributed by atoms with Gasteiger partial charge in [-0.25, -0.2) is 18.5 Å². The van der Waals surface area contributed by atoms with Crippen molar-refractivity contribution in [3.8, 4) is 0 Å². The normalized spacial score (nSPS) is 27.2. The molecular formula is C13H22N4O2S. The zero-order valence-electron chi connectivity index (χ0n) is 11.7. The fourth-order valence-corrected chi connectivity index (χ4v) is 3.36. The van der Waals surface area contributed by atoms with Crippen molar-refractivity contribution >= 4 is 15.8 Å². The van der Waals surface area contributed by atoms with Crippen molar-refractivity contribution in [2.24, 2.45) is 16.8 Å². The number of nitrogens with two attached hydrogens (primary N) is 2. The Kier molecular flexibility index (Phi) is 4.31. The lowest BCUT2D eigenvalue weighted by atomic mass is 9.76. The maximum atomic E-state index is 11.2. The molecule has 1 heterocycles. The number of nitrogens with zero attached hydrogens (tertiary/aromatic N) is 1. The molecule has 112 valence electrons. The first-order valence-corrected chi connectivity index (χ1v) is 8.36. The molecule has 1 fully saturated rings. The van der Waals surface area contributed by atoms with Gasteiger partial charge in [-0.15, -0.1) is 0 Å². The van der Waals surface area contributed by atoms with E-state index in [1.807, 2.05) is 0 Å². The predicted molar refractivity (Wildman–Crippen MR) is 78.7 cm³/mol. The first-order valence-electron chi connectivity index (χ1n) is 6.82. The van der Waals surface area contributed by atoms with Gasteiger partial charge in [0, 0.05) is 12.7 Å². The molecule has 2 atom stereocenters. The number of sulfonamides is 1. The lowest BCUT2D eigenvalue weighted by Gasteiger charge is -2.40. The van der Waals surface area contributed by atoms with E-state index in [-0.39, 0.29) is 10.4 Å². The van der Waals surface area contributed by atoms with Crippen molar-refractivity contribution in [3.05, 3.63) is 18.3 Å². The molecule has 0 bridgehead atoms. The van der Waals surface area contributed by atoms with Crippen LogP contribution >= 0.6 is 0 Å². The Balaban J connectivity index is 2.16. The Morgan fingerprint density at radius 3 is 2.75 bits per heavy atom. The number of hydrogen-bond acceptors (Lipinski definition) is 5. The van der Waals surface area contributed by atoms with Gasteiger partial charge in [0.05, 0.1) is 5.54 Å². The highest BCUT2D eigenvalue weighted by atomic mass is 32.2. The molecule has 0 radical (unpaired) electrons. The molecule has 7 heteroatoms. The second kappa shape index (κ2) is 5.67. The minimum Gasteiger partial charge on any atom is -0.363 e. The van der Waals surface area contributed by atoms with Gasteiger partial charge in [-0.05, 0) is 30.9 Å². The third-order valence-corrected chi connectivity index (χ3v) is 4.84. The molecule has 6 nitrogen and oxygen atoms in total. The van der Waals surface area contributed by atoms with Gasteiger partial charge in [0.25, 0.3) is 0 Å². The van der Waals surface area contributed by atoms with E-state index in [0.29, 0.717) is 18.3 Å². The molecule has 1 aromatic heterocycles. The molecule has 0 amide bonds. The highest BCUT2D eigenvalue weighted by Gasteiger charge is 2.33. The third kappa shape index (κ3) is 3.47. The van der Waals surface area contributed by atoms with Crippen molar-refractivity contribution in [3.63, 3.8) is 0 Å². The summed E-state index contributed by atoms with van der Waals surface area (Å²) in [4.78, 5) is 4.15. The van der Waals surface area contributed by atoms with E-state index in [1.165, 1.54) is 18.7 Å². The zero-order valence-corrected chi connectivity index (χ0v) is 12.5. The molecule has 5 N–H and O–H groups in total. The molecule has 0 aliphatic heterocycles. The monoisotopic (exact) mass is 298 g/mol. The van der Waals surface area contributed by atoms with Crippen LogP contribution in [0.5, 0.6) is 0 Å². The fourth-order valence-electron chi connectivity index (χ4n) is 2.90. The number of aromatic nitrogens is 1. The summed E-state index contributed by atoms with van der Waals surface area (Å²) in [5.74, 6) is 1.26. The van der Waals surface area contributed by atoms with Crippen LogP contribution in [0.3, 0.4) is 0 Å². The Bertz CT molecular complexity index is 558. The maximum Gasteiger partial charge on any atom is 0.239 e. The van der Waals surface area contributed by atoms with E-state index in [0.717, 1.165) is 19.3 Å². The van der Waals surface area contributed by atoms with E-state index in [2.05, 4.69) is 17.2 Å². The minimum atomic E-state index is -3.70. The van der Waals surface area contributed by atoms with Crippen molar-refractivity contribution in [2.75, 3.05) is 11.9 Å². The summed E-state index contributed by atoms with van der Waals surface area (Å²) in [5.41, 5.74) is 5.80. The summed E-state index contributed by atoms with van der Waals surface area (Å²) >= 11 is 0. The minimum absolute atomic E-state index is 0.0156. The quantitative estimate of drug-likeness (QED) is 0.769. The molecule has 1 aliphatic carbocycles. The number of nitrogens with one attached hydrogen (secondary N) is 1. The van der Waals surface area contributed by atoms with Crippen molar-refractivity contribution in [1.82, 2.24) is 4.98 Å². The van der Waals surface area contributed by atoms with Gasteiger partial charge in [-0.2, -0.15) is 0 Å². The number of hydrogen-bond donors (Lipinski definition) is 3. The summed E-state index contributed by atoms with van der Waals surface area (Å²) in [5, 5.41) is 8.43. The first-order chi connectivity index (χ1) is 9.35. The van der Waals surface area contributed by atoms with Gasteiger partial charge in [0.1, 0.15) is 10.7 Å². The number of rotatable bonds is 4. The van der Waals surface area contributed by atoms with Crippen LogP contribution in [0.4, 0.5) is 5.82 Å². The second-order valence-electron chi connectivity index (χ2n) is 5.74.